The molecule has 0 atom stereocenters. The topological polar surface area (TPSA) is 56.2 Å². The molecule has 0 radical (unpaired) electrons. The number of alkyl halides is 3. The van der Waals surface area contributed by atoms with Crippen molar-refractivity contribution in [1.29, 1.82) is 0 Å². The fourth-order valence-electron chi connectivity index (χ4n) is 3.38. The SMILES string of the molecule is O=C(Nc1ccc(-c2ncc3n2CCCC3)cc1)c1ccc(OC(F)(F)F)cc1. The summed E-state index contributed by atoms with van der Waals surface area (Å²) in [6, 6.07) is 12.1. The maximum Gasteiger partial charge on any atom is 0.573 e. The van der Waals surface area contributed by atoms with Crippen molar-refractivity contribution in [2.45, 2.75) is 32.2 Å². The van der Waals surface area contributed by atoms with E-state index in [4.69, 9.17) is 0 Å². The lowest BCUT2D eigenvalue weighted by molar-refractivity contribution is -0.274. The number of nitrogens with zero attached hydrogens (tertiary/aromatic N) is 2. The predicted octanol–water partition coefficient (Wildman–Crippen LogP) is 5.04. The lowest BCUT2D eigenvalue weighted by Gasteiger charge is -2.16. The Labute approximate surface area is 165 Å². The van der Waals surface area contributed by atoms with E-state index in [0.717, 1.165) is 42.9 Å². The van der Waals surface area contributed by atoms with Crippen LogP contribution in [-0.2, 0) is 13.0 Å². The number of aryl methyl sites for hydroxylation is 1. The first-order chi connectivity index (χ1) is 13.9. The maximum absolute atomic E-state index is 12.3. The molecule has 1 N–H and O–H groups in total. The molecule has 29 heavy (non-hydrogen) atoms. The van der Waals surface area contributed by atoms with E-state index >= 15 is 0 Å². The molecular formula is C21H18F3N3O2. The molecule has 0 saturated carbocycles. The molecule has 4 rings (SSSR count). The third-order valence-electron chi connectivity index (χ3n) is 4.75. The van der Waals surface area contributed by atoms with Crippen LogP contribution in [0.5, 0.6) is 5.75 Å². The third kappa shape index (κ3) is 4.42. The van der Waals surface area contributed by atoms with Crippen molar-refractivity contribution >= 4 is 11.6 Å². The summed E-state index contributed by atoms with van der Waals surface area (Å²) in [5, 5.41) is 2.73. The average molecular weight is 401 g/mol. The largest absolute Gasteiger partial charge is 0.573 e. The van der Waals surface area contributed by atoms with Crippen LogP contribution in [0.1, 0.15) is 28.9 Å². The number of carbonyl (C=O) groups is 1. The number of nitrogens with one attached hydrogen (secondary N) is 1. The zero-order valence-corrected chi connectivity index (χ0v) is 15.4. The van der Waals surface area contributed by atoms with E-state index in [1.165, 1.54) is 24.2 Å². The van der Waals surface area contributed by atoms with Crippen LogP contribution < -0.4 is 10.1 Å². The summed E-state index contributed by atoms with van der Waals surface area (Å²) >= 11 is 0. The number of hydrogen-bond donors (Lipinski definition) is 1. The number of ether oxygens (including phenoxy) is 1. The summed E-state index contributed by atoms with van der Waals surface area (Å²) < 4.78 is 42.7. The van der Waals surface area contributed by atoms with Crippen LogP contribution >= 0.6 is 0 Å². The number of halogens is 3. The summed E-state index contributed by atoms with van der Waals surface area (Å²) in [6.07, 6.45) is 0.501. The van der Waals surface area contributed by atoms with Gasteiger partial charge in [-0.1, -0.05) is 0 Å². The van der Waals surface area contributed by atoms with Crippen molar-refractivity contribution in [1.82, 2.24) is 9.55 Å². The number of amides is 1. The van der Waals surface area contributed by atoms with Gasteiger partial charge in [-0.2, -0.15) is 0 Å². The summed E-state index contributed by atoms with van der Waals surface area (Å²) in [5.74, 6) is 0.119. The lowest BCUT2D eigenvalue weighted by atomic mass is 10.1. The molecule has 8 heteroatoms. The number of rotatable bonds is 4. The highest BCUT2D eigenvalue weighted by atomic mass is 19.4. The van der Waals surface area contributed by atoms with E-state index in [1.54, 1.807) is 12.1 Å². The van der Waals surface area contributed by atoms with E-state index < -0.39 is 12.3 Å². The fourth-order valence-corrected chi connectivity index (χ4v) is 3.38. The summed E-state index contributed by atoms with van der Waals surface area (Å²) in [6.45, 7) is 0.956. The minimum Gasteiger partial charge on any atom is -0.406 e. The second-order valence-electron chi connectivity index (χ2n) is 6.79. The van der Waals surface area contributed by atoms with Crippen LogP contribution in [0.15, 0.2) is 54.7 Å². The van der Waals surface area contributed by atoms with Gasteiger partial charge in [-0.25, -0.2) is 4.98 Å². The lowest BCUT2D eigenvalue weighted by Crippen LogP contribution is -2.17. The molecule has 1 aliphatic rings. The minimum atomic E-state index is -4.76. The van der Waals surface area contributed by atoms with E-state index in [-0.39, 0.29) is 11.3 Å². The highest BCUT2D eigenvalue weighted by Crippen LogP contribution is 2.26. The summed E-state index contributed by atoms with van der Waals surface area (Å²) in [5.41, 5.74) is 3.01. The number of carbonyl (C=O) groups excluding carboxylic acids is 1. The van der Waals surface area contributed by atoms with Gasteiger partial charge < -0.3 is 14.6 Å². The fraction of sp³-hybridized carbons (Fsp3) is 0.238. The van der Waals surface area contributed by atoms with Crippen LogP contribution in [0.25, 0.3) is 11.4 Å². The molecule has 1 aliphatic heterocycles. The molecule has 150 valence electrons. The zero-order chi connectivity index (χ0) is 20.4. The highest BCUT2D eigenvalue weighted by molar-refractivity contribution is 6.04. The molecule has 0 bridgehead atoms. The monoisotopic (exact) mass is 401 g/mol. The molecule has 2 heterocycles. The Balaban J connectivity index is 1.43. The Bertz CT molecular complexity index is 1010. The first-order valence-corrected chi connectivity index (χ1v) is 9.21. The molecule has 0 unspecified atom stereocenters. The molecule has 5 nitrogen and oxygen atoms in total. The van der Waals surface area contributed by atoms with Crippen molar-refractivity contribution < 1.29 is 22.7 Å². The normalized spacial score (nSPS) is 13.6. The average Bonchev–Trinajstić information content (AvgIpc) is 3.12. The Morgan fingerprint density at radius 2 is 1.76 bits per heavy atom. The number of fused-ring (bicyclic) bond motifs is 1. The number of hydrogen-bond acceptors (Lipinski definition) is 3. The van der Waals surface area contributed by atoms with Gasteiger partial charge in [0.1, 0.15) is 11.6 Å². The molecule has 0 aliphatic carbocycles. The smallest absolute Gasteiger partial charge is 0.406 e. The van der Waals surface area contributed by atoms with Crippen molar-refractivity contribution in [3.63, 3.8) is 0 Å². The van der Waals surface area contributed by atoms with Gasteiger partial charge in [-0.15, -0.1) is 13.2 Å². The molecule has 3 aromatic rings. The predicted molar refractivity (Wildman–Crippen MR) is 102 cm³/mol. The van der Waals surface area contributed by atoms with Crippen LogP contribution in [0, 0.1) is 0 Å². The van der Waals surface area contributed by atoms with E-state index in [0.29, 0.717) is 5.69 Å². The number of aromatic nitrogens is 2. The summed E-state index contributed by atoms with van der Waals surface area (Å²) in [7, 11) is 0. The van der Waals surface area contributed by atoms with Crippen molar-refractivity contribution in [2.75, 3.05) is 5.32 Å². The van der Waals surface area contributed by atoms with E-state index in [9.17, 15) is 18.0 Å². The van der Waals surface area contributed by atoms with Crippen LogP contribution in [0.4, 0.5) is 18.9 Å². The molecule has 0 fully saturated rings. The Morgan fingerprint density at radius 1 is 1.03 bits per heavy atom. The van der Waals surface area contributed by atoms with Crippen molar-refractivity contribution in [2.24, 2.45) is 0 Å². The molecular weight excluding hydrogens is 383 g/mol. The first-order valence-electron chi connectivity index (χ1n) is 9.21. The molecule has 2 aromatic carbocycles. The molecule has 0 saturated heterocycles. The number of anilines is 1. The van der Waals surface area contributed by atoms with Crippen molar-refractivity contribution in [3.05, 3.63) is 66.0 Å². The van der Waals surface area contributed by atoms with Gasteiger partial charge in [-0.3, -0.25) is 4.79 Å². The highest BCUT2D eigenvalue weighted by Gasteiger charge is 2.31. The number of benzene rings is 2. The molecule has 0 spiro atoms. The Kier molecular flexibility index (Phi) is 5.00. The van der Waals surface area contributed by atoms with E-state index in [2.05, 4.69) is 19.6 Å². The second-order valence-corrected chi connectivity index (χ2v) is 6.79. The molecule has 1 aromatic heterocycles. The van der Waals surface area contributed by atoms with Gasteiger partial charge in [0, 0.05) is 35.2 Å². The summed E-state index contributed by atoms with van der Waals surface area (Å²) in [4.78, 5) is 16.8. The minimum absolute atomic E-state index is 0.228. The van der Waals surface area contributed by atoms with Crippen LogP contribution in [0.3, 0.4) is 0 Å². The van der Waals surface area contributed by atoms with Crippen LogP contribution in [-0.4, -0.2) is 21.8 Å². The van der Waals surface area contributed by atoms with Gasteiger partial charge in [0.05, 0.1) is 0 Å². The maximum atomic E-state index is 12.3. The van der Waals surface area contributed by atoms with Gasteiger partial charge in [0.2, 0.25) is 0 Å². The Hall–Kier alpha value is -3.29. The zero-order valence-electron chi connectivity index (χ0n) is 15.4. The first kappa shape index (κ1) is 19.0. The third-order valence-corrected chi connectivity index (χ3v) is 4.75. The number of imidazole rings is 1. The molecule has 1 amide bonds. The second kappa shape index (κ2) is 7.62. The van der Waals surface area contributed by atoms with E-state index in [1.807, 2.05) is 18.3 Å². The van der Waals surface area contributed by atoms with Gasteiger partial charge >= 0.3 is 6.36 Å². The van der Waals surface area contributed by atoms with Crippen LogP contribution in [0.2, 0.25) is 0 Å². The standard InChI is InChI=1S/C21H18F3N3O2/c22-21(23,24)29-18-10-6-15(7-11-18)20(28)26-16-8-4-14(5-9-16)19-25-13-17-3-1-2-12-27(17)19/h4-11,13H,1-3,12H2,(H,26,28). The van der Waals surface area contributed by atoms with Gasteiger partial charge in [-0.05, 0) is 67.8 Å². The van der Waals surface area contributed by atoms with Gasteiger partial charge in [0.25, 0.3) is 5.91 Å². The van der Waals surface area contributed by atoms with Crippen molar-refractivity contribution in [3.8, 4) is 17.1 Å². The quantitative estimate of drug-likeness (QED) is 0.667. The Morgan fingerprint density at radius 3 is 2.45 bits per heavy atom. The van der Waals surface area contributed by atoms with Gasteiger partial charge in [0.15, 0.2) is 0 Å².